The van der Waals surface area contributed by atoms with Gasteiger partial charge in [-0.15, -0.1) is 0 Å². The minimum atomic E-state index is -1.36. The first kappa shape index (κ1) is 14.1. The van der Waals surface area contributed by atoms with E-state index in [0.29, 0.717) is 0 Å². The lowest BCUT2D eigenvalue weighted by molar-refractivity contribution is 0.271. The maximum absolute atomic E-state index is 9.38. The lowest BCUT2D eigenvalue weighted by atomic mass is 10.1. The second-order valence-corrected chi connectivity index (χ2v) is 4.88. The van der Waals surface area contributed by atoms with Crippen LogP contribution < -0.4 is 4.90 Å². The Morgan fingerprint density at radius 2 is 1.80 bits per heavy atom. The largest absolute Gasteiger partial charge is 0.373 e. The first-order valence-electron chi connectivity index (χ1n) is 6.79. The van der Waals surface area contributed by atoms with Crippen LogP contribution in [0.1, 0.15) is 24.8 Å². The zero-order valence-corrected chi connectivity index (χ0v) is 11.3. The summed E-state index contributed by atoms with van der Waals surface area (Å²) < 4.78 is 0. The maximum atomic E-state index is 9.38. The van der Waals surface area contributed by atoms with Crippen LogP contribution in [0.4, 0.5) is 5.69 Å². The summed E-state index contributed by atoms with van der Waals surface area (Å²) in [6.45, 7) is 2.18. The van der Waals surface area contributed by atoms with Gasteiger partial charge in [0.05, 0.1) is 17.7 Å². The summed E-state index contributed by atoms with van der Waals surface area (Å²) in [5.74, 6) is 0. The number of nitrogens with zero attached hydrogens (tertiary/aromatic N) is 3. The van der Waals surface area contributed by atoms with E-state index in [9.17, 15) is 5.11 Å². The van der Waals surface area contributed by atoms with Crippen molar-refractivity contribution in [2.45, 2.75) is 25.4 Å². The van der Waals surface area contributed by atoms with Crippen LogP contribution in [0, 0.1) is 22.7 Å². The van der Waals surface area contributed by atoms with Crippen molar-refractivity contribution in [1.82, 2.24) is 0 Å². The number of hydrogen-bond acceptors (Lipinski definition) is 4. The lowest BCUT2D eigenvalue weighted by Gasteiger charge is -2.28. The normalized spacial score (nSPS) is 17.1. The van der Waals surface area contributed by atoms with Gasteiger partial charge in [-0.1, -0.05) is 12.1 Å². The van der Waals surface area contributed by atoms with Crippen molar-refractivity contribution in [3.63, 3.8) is 0 Å². The third-order valence-corrected chi connectivity index (χ3v) is 3.48. The molecule has 102 valence electrons. The van der Waals surface area contributed by atoms with Crippen LogP contribution in [-0.2, 0) is 0 Å². The SMILES string of the molecule is N#CC(=Cc1ccc(N2CCCCC2)cc1)C(O)C#N. The Hall–Kier alpha value is -2.30. The van der Waals surface area contributed by atoms with Crippen LogP contribution in [0.25, 0.3) is 6.08 Å². The molecule has 0 amide bonds. The molecule has 0 bridgehead atoms. The second-order valence-electron chi connectivity index (χ2n) is 4.88. The average molecular weight is 267 g/mol. The minimum absolute atomic E-state index is 0.0678. The molecule has 0 radical (unpaired) electrons. The highest BCUT2D eigenvalue weighted by Gasteiger charge is 2.11. The van der Waals surface area contributed by atoms with E-state index in [-0.39, 0.29) is 5.57 Å². The van der Waals surface area contributed by atoms with E-state index in [1.807, 2.05) is 30.3 Å². The summed E-state index contributed by atoms with van der Waals surface area (Å²) in [5.41, 5.74) is 2.07. The number of nitriles is 2. The minimum Gasteiger partial charge on any atom is -0.373 e. The molecule has 4 heteroatoms. The highest BCUT2D eigenvalue weighted by molar-refractivity contribution is 5.62. The number of aliphatic hydroxyl groups is 1. The number of aliphatic hydroxyl groups excluding tert-OH is 1. The van der Waals surface area contributed by atoms with Crippen molar-refractivity contribution in [3.05, 3.63) is 35.4 Å². The van der Waals surface area contributed by atoms with Gasteiger partial charge in [0, 0.05) is 18.8 Å². The Balaban J connectivity index is 2.14. The third kappa shape index (κ3) is 3.38. The summed E-state index contributed by atoms with van der Waals surface area (Å²) in [6.07, 6.45) is 3.95. The van der Waals surface area contributed by atoms with Crippen LogP contribution in [0.5, 0.6) is 0 Å². The molecule has 1 atom stereocenters. The zero-order chi connectivity index (χ0) is 14.4. The summed E-state index contributed by atoms with van der Waals surface area (Å²) in [6, 6.07) is 11.4. The fourth-order valence-electron chi connectivity index (χ4n) is 2.35. The third-order valence-electron chi connectivity index (χ3n) is 3.48. The van der Waals surface area contributed by atoms with Crippen molar-refractivity contribution >= 4 is 11.8 Å². The zero-order valence-electron chi connectivity index (χ0n) is 11.3. The fourth-order valence-corrected chi connectivity index (χ4v) is 2.35. The number of piperidine rings is 1. The number of anilines is 1. The molecule has 4 nitrogen and oxygen atoms in total. The highest BCUT2D eigenvalue weighted by Crippen LogP contribution is 2.21. The lowest BCUT2D eigenvalue weighted by Crippen LogP contribution is -2.29. The Labute approximate surface area is 119 Å². The Bertz CT molecular complexity index is 557. The van der Waals surface area contributed by atoms with E-state index in [4.69, 9.17) is 10.5 Å². The van der Waals surface area contributed by atoms with Gasteiger partial charge in [-0.05, 0) is 43.0 Å². The molecule has 1 aliphatic heterocycles. The molecule has 1 unspecified atom stereocenters. The highest BCUT2D eigenvalue weighted by atomic mass is 16.3. The van der Waals surface area contributed by atoms with Crippen LogP contribution in [0.2, 0.25) is 0 Å². The maximum Gasteiger partial charge on any atom is 0.175 e. The molecular formula is C16H17N3O. The monoisotopic (exact) mass is 267 g/mol. The molecule has 1 heterocycles. The van der Waals surface area contributed by atoms with E-state index < -0.39 is 6.10 Å². The summed E-state index contributed by atoms with van der Waals surface area (Å²) in [7, 11) is 0. The first-order chi connectivity index (χ1) is 9.74. The Kier molecular flexibility index (Phi) is 4.76. The van der Waals surface area contributed by atoms with Crippen molar-refractivity contribution in [2.24, 2.45) is 0 Å². The molecule has 0 aromatic heterocycles. The molecule has 20 heavy (non-hydrogen) atoms. The molecule has 0 spiro atoms. The van der Waals surface area contributed by atoms with E-state index in [1.54, 1.807) is 12.1 Å². The van der Waals surface area contributed by atoms with Gasteiger partial charge in [-0.3, -0.25) is 0 Å². The van der Waals surface area contributed by atoms with Crippen molar-refractivity contribution in [1.29, 1.82) is 10.5 Å². The van der Waals surface area contributed by atoms with Gasteiger partial charge in [0.25, 0.3) is 0 Å². The van der Waals surface area contributed by atoms with Gasteiger partial charge in [-0.25, -0.2) is 0 Å². The smallest absolute Gasteiger partial charge is 0.175 e. The van der Waals surface area contributed by atoms with Crippen LogP contribution >= 0.6 is 0 Å². The van der Waals surface area contributed by atoms with Gasteiger partial charge in [0.1, 0.15) is 0 Å². The molecule has 1 aromatic rings. The second kappa shape index (κ2) is 6.75. The van der Waals surface area contributed by atoms with Crippen LogP contribution in [0.15, 0.2) is 29.8 Å². The summed E-state index contributed by atoms with van der Waals surface area (Å²) >= 11 is 0. The van der Waals surface area contributed by atoms with E-state index >= 15 is 0 Å². The van der Waals surface area contributed by atoms with Crippen molar-refractivity contribution in [3.8, 4) is 12.1 Å². The number of rotatable bonds is 3. The van der Waals surface area contributed by atoms with E-state index in [2.05, 4.69) is 4.90 Å². The van der Waals surface area contributed by atoms with E-state index in [0.717, 1.165) is 18.7 Å². The average Bonchev–Trinajstić information content (AvgIpc) is 2.53. The van der Waals surface area contributed by atoms with Gasteiger partial charge in [0.15, 0.2) is 6.10 Å². The summed E-state index contributed by atoms with van der Waals surface area (Å²) in [5, 5.41) is 26.9. The predicted octanol–water partition coefficient (Wildman–Crippen LogP) is 2.47. The molecule has 0 aliphatic carbocycles. The molecule has 1 fully saturated rings. The molecule has 1 N–H and O–H groups in total. The molecular weight excluding hydrogens is 250 g/mol. The Morgan fingerprint density at radius 3 is 2.35 bits per heavy atom. The van der Waals surface area contributed by atoms with Crippen LogP contribution in [-0.4, -0.2) is 24.3 Å². The van der Waals surface area contributed by atoms with Crippen molar-refractivity contribution in [2.75, 3.05) is 18.0 Å². The molecule has 1 aromatic carbocycles. The van der Waals surface area contributed by atoms with Gasteiger partial charge >= 0.3 is 0 Å². The van der Waals surface area contributed by atoms with Crippen LogP contribution in [0.3, 0.4) is 0 Å². The fraction of sp³-hybridized carbons (Fsp3) is 0.375. The van der Waals surface area contributed by atoms with Crippen molar-refractivity contribution < 1.29 is 5.11 Å². The van der Waals surface area contributed by atoms with Gasteiger partial charge in [0.2, 0.25) is 0 Å². The molecule has 1 saturated heterocycles. The van der Waals surface area contributed by atoms with Gasteiger partial charge < -0.3 is 10.0 Å². The number of hydrogen-bond donors (Lipinski definition) is 1. The quantitative estimate of drug-likeness (QED) is 0.674. The topological polar surface area (TPSA) is 71.1 Å². The molecule has 0 saturated carbocycles. The summed E-state index contributed by atoms with van der Waals surface area (Å²) in [4.78, 5) is 2.35. The Morgan fingerprint density at radius 1 is 1.15 bits per heavy atom. The van der Waals surface area contributed by atoms with Gasteiger partial charge in [-0.2, -0.15) is 10.5 Å². The predicted molar refractivity (Wildman–Crippen MR) is 77.7 cm³/mol. The van der Waals surface area contributed by atoms with E-state index in [1.165, 1.54) is 24.9 Å². The molecule has 1 aliphatic rings. The number of benzene rings is 1. The first-order valence-corrected chi connectivity index (χ1v) is 6.79. The molecule has 2 rings (SSSR count). The standard InChI is InChI=1S/C16H17N3O/c17-11-14(16(20)12-18)10-13-4-6-15(7-5-13)19-8-2-1-3-9-19/h4-7,10,16,20H,1-3,8-9H2.